The molecule has 1 fully saturated rings. The Labute approximate surface area is 175 Å². The van der Waals surface area contributed by atoms with Crippen molar-refractivity contribution in [3.8, 4) is 0 Å². The molecule has 0 unspecified atom stereocenters. The molecule has 0 bridgehead atoms. The van der Waals surface area contributed by atoms with Crippen molar-refractivity contribution in [3.63, 3.8) is 0 Å². The van der Waals surface area contributed by atoms with E-state index in [1.54, 1.807) is 0 Å². The molecule has 1 aliphatic heterocycles. The van der Waals surface area contributed by atoms with Gasteiger partial charge in [0.2, 0.25) is 0 Å². The Kier molecular flexibility index (Phi) is 4.89. The third-order valence-corrected chi connectivity index (χ3v) is 5.77. The predicted octanol–water partition coefficient (Wildman–Crippen LogP) is 5.51. The molecule has 0 saturated carbocycles. The van der Waals surface area contributed by atoms with Gasteiger partial charge in [-0.15, -0.1) is 0 Å². The average Bonchev–Trinajstić information content (AvgIpc) is 2.73. The molecule has 0 spiro atoms. The number of rotatable bonds is 5. The van der Waals surface area contributed by atoms with Crippen LogP contribution in [0.25, 0.3) is 32.3 Å². The zero-order chi connectivity index (χ0) is 20.7. The number of carbonyl (C=O) groups is 1. The number of ether oxygens (including phenoxy) is 3. The van der Waals surface area contributed by atoms with Gasteiger partial charge in [-0.25, -0.2) is 0 Å². The van der Waals surface area contributed by atoms with E-state index in [4.69, 9.17) is 14.2 Å². The highest BCUT2D eigenvalue weighted by atomic mass is 16.9. The molecule has 4 nitrogen and oxygen atoms in total. The molecule has 30 heavy (non-hydrogen) atoms. The summed E-state index contributed by atoms with van der Waals surface area (Å²) < 4.78 is 16.6. The van der Waals surface area contributed by atoms with Gasteiger partial charge in [-0.2, -0.15) is 0 Å². The molecule has 0 radical (unpaired) electrons. The lowest BCUT2D eigenvalue weighted by Crippen LogP contribution is -2.40. The molecule has 0 N–H and O–H groups in total. The van der Waals surface area contributed by atoms with Crippen molar-refractivity contribution in [3.05, 3.63) is 71.8 Å². The van der Waals surface area contributed by atoms with Gasteiger partial charge in [-0.05, 0) is 69.4 Å². The van der Waals surface area contributed by atoms with Gasteiger partial charge in [-0.1, -0.05) is 48.5 Å². The van der Waals surface area contributed by atoms with Crippen LogP contribution in [0.4, 0.5) is 0 Å². The van der Waals surface area contributed by atoms with Crippen LogP contribution in [0.1, 0.15) is 25.0 Å². The van der Waals surface area contributed by atoms with Crippen molar-refractivity contribution in [2.24, 2.45) is 0 Å². The number of esters is 1. The highest BCUT2D eigenvalue weighted by molar-refractivity contribution is 6.19. The zero-order valence-corrected chi connectivity index (χ0v) is 17.2. The number of carbonyl (C=O) groups excluding carboxylic acids is 1. The van der Waals surface area contributed by atoms with Crippen molar-refractivity contribution in [1.82, 2.24) is 0 Å². The maximum atomic E-state index is 12.2. The Morgan fingerprint density at radius 1 is 0.833 bits per heavy atom. The standard InChI is InChI=1S/C26H24O4/c1-3-28-25(27)14-17-12-23-22-11-7-5-9-20(22)18(15-26-29-16(2)30-26)13-24(23)21-10-6-4-8-19(17)21/h4-13,16,26H,3,14-15H2,1-2H3. The summed E-state index contributed by atoms with van der Waals surface area (Å²) >= 11 is 0. The maximum absolute atomic E-state index is 12.2. The summed E-state index contributed by atoms with van der Waals surface area (Å²) in [5.41, 5.74) is 2.20. The molecule has 0 aliphatic carbocycles. The summed E-state index contributed by atoms with van der Waals surface area (Å²) in [6.07, 6.45) is 0.644. The molecular weight excluding hydrogens is 376 g/mol. The molecule has 4 aromatic carbocycles. The van der Waals surface area contributed by atoms with Crippen molar-refractivity contribution in [2.45, 2.75) is 39.3 Å². The molecule has 0 aromatic heterocycles. The minimum Gasteiger partial charge on any atom is -0.466 e. The smallest absolute Gasteiger partial charge is 0.310 e. The van der Waals surface area contributed by atoms with E-state index < -0.39 is 0 Å². The van der Waals surface area contributed by atoms with Crippen LogP contribution in [0.2, 0.25) is 0 Å². The van der Waals surface area contributed by atoms with Crippen molar-refractivity contribution in [1.29, 1.82) is 0 Å². The molecule has 1 saturated heterocycles. The molecule has 4 heteroatoms. The van der Waals surface area contributed by atoms with E-state index in [1.165, 1.54) is 21.7 Å². The lowest BCUT2D eigenvalue weighted by atomic mass is 9.89. The zero-order valence-electron chi connectivity index (χ0n) is 17.2. The number of fused-ring (bicyclic) bond motifs is 5. The number of hydrogen-bond donors (Lipinski definition) is 0. The monoisotopic (exact) mass is 400 g/mol. The molecule has 1 aliphatic rings. The topological polar surface area (TPSA) is 44.8 Å². The molecule has 0 atom stereocenters. The van der Waals surface area contributed by atoms with Crippen molar-refractivity contribution >= 4 is 38.3 Å². The lowest BCUT2D eigenvalue weighted by Gasteiger charge is -2.34. The molecule has 152 valence electrons. The molecule has 0 amide bonds. The van der Waals surface area contributed by atoms with Crippen LogP contribution in [-0.4, -0.2) is 25.2 Å². The third kappa shape index (κ3) is 3.32. The summed E-state index contributed by atoms with van der Waals surface area (Å²) in [6, 6.07) is 21.1. The van der Waals surface area contributed by atoms with E-state index in [9.17, 15) is 4.79 Å². The first kappa shape index (κ1) is 19.0. The Morgan fingerprint density at radius 2 is 1.37 bits per heavy atom. The second-order valence-electron chi connectivity index (χ2n) is 7.71. The van der Waals surface area contributed by atoms with Gasteiger partial charge in [0, 0.05) is 6.42 Å². The predicted molar refractivity (Wildman–Crippen MR) is 118 cm³/mol. The Morgan fingerprint density at radius 3 is 1.93 bits per heavy atom. The van der Waals surface area contributed by atoms with Gasteiger partial charge in [0.25, 0.3) is 0 Å². The van der Waals surface area contributed by atoms with E-state index in [2.05, 4.69) is 48.5 Å². The lowest BCUT2D eigenvalue weighted by molar-refractivity contribution is -0.374. The second kappa shape index (κ2) is 7.71. The average molecular weight is 400 g/mol. The van der Waals surface area contributed by atoms with Gasteiger partial charge in [0.1, 0.15) is 0 Å². The van der Waals surface area contributed by atoms with Crippen LogP contribution in [0, 0.1) is 0 Å². The SMILES string of the molecule is CCOC(=O)Cc1cc2c3ccccc3c(CC3OC(C)O3)cc2c2ccccc12. The van der Waals surface area contributed by atoms with E-state index >= 15 is 0 Å². The van der Waals surface area contributed by atoms with Crippen LogP contribution >= 0.6 is 0 Å². The van der Waals surface area contributed by atoms with Crippen molar-refractivity contribution in [2.75, 3.05) is 6.61 Å². The summed E-state index contributed by atoms with van der Waals surface area (Å²) in [6.45, 7) is 4.13. The Balaban J connectivity index is 1.74. The minimum absolute atomic E-state index is 0.131. The first-order valence-corrected chi connectivity index (χ1v) is 10.5. The van der Waals surface area contributed by atoms with Gasteiger partial charge >= 0.3 is 5.97 Å². The highest BCUT2D eigenvalue weighted by Crippen LogP contribution is 2.37. The summed E-state index contributed by atoms with van der Waals surface area (Å²) in [5, 5.41) is 6.92. The summed E-state index contributed by atoms with van der Waals surface area (Å²) in [4.78, 5) is 12.2. The Hall–Kier alpha value is -2.95. The van der Waals surface area contributed by atoms with Crippen LogP contribution < -0.4 is 0 Å². The Bertz CT molecular complexity index is 1250. The molecule has 5 rings (SSSR count). The minimum atomic E-state index is -0.199. The first-order valence-electron chi connectivity index (χ1n) is 10.5. The van der Waals surface area contributed by atoms with Gasteiger partial charge in [0.15, 0.2) is 12.6 Å². The van der Waals surface area contributed by atoms with Crippen molar-refractivity contribution < 1.29 is 19.0 Å². The summed E-state index contributed by atoms with van der Waals surface area (Å²) in [5.74, 6) is -0.198. The van der Waals surface area contributed by atoms with Crippen LogP contribution in [0.5, 0.6) is 0 Å². The van der Waals surface area contributed by atoms with E-state index in [1.807, 2.05) is 26.0 Å². The fraction of sp³-hybridized carbons (Fsp3) is 0.269. The van der Waals surface area contributed by atoms with Crippen LogP contribution in [0.3, 0.4) is 0 Å². The number of benzene rings is 4. The maximum Gasteiger partial charge on any atom is 0.310 e. The molecule has 4 aromatic rings. The van der Waals surface area contributed by atoms with E-state index in [0.29, 0.717) is 13.0 Å². The normalized spacial score (nSPS) is 18.6. The van der Waals surface area contributed by atoms with Gasteiger partial charge in [-0.3, -0.25) is 4.79 Å². The van der Waals surface area contributed by atoms with Gasteiger partial charge in [0.05, 0.1) is 13.0 Å². The van der Waals surface area contributed by atoms with E-state index in [0.717, 1.165) is 21.7 Å². The molecule has 1 heterocycles. The number of hydrogen-bond acceptors (Lipinski definition) is 4. The van der Waals surface area contributed by atoms with Crippen LogP contribution in [0.15, 0.2) is 60.7 Å². The third-order valence-electron chi connectivity index (χ3n) is 5.77. The van der Waals surface area contributed by atoms with Gasteiger partial charge < -0.3 is 14.2 Å². The fourth-order valence-corrected chi connectivity index (χ4v) is 4.50. The second-order valence-corrected chi connectivity index (χ2v) is 7.71. The highest BCUT2D eigenvalue weighted by Gasteiger charge is 2.27. The van der Waals surface area contributed by atoms with E-state index in [-0.39, 0.29) is 25.0 Å². The molecular formula is C26H24O4. The van der Waals surface area contributed by atoms with Crippen LogP contribution in [-0.2, 0) is 31.8 Å². The largest absolute Gasteiger partial charge is 0.466 e. The summed E-state index contributed by atoms with van der Waals surface area (Å²) in [7, 11) is 0. The fourth-order valence-electron chi connectivity index (χ4n) is 4.50. The quantitative estimate of drug-likeness (QED) is 0.327. The first-order chi connectivity index (χ1) is 14.6.